The second kappa shape index (κ2) is 10.6. The van der Waals surface area contributed by atoms with Crippen LogP contribution in [0.2, 0.25) is 0 Å². The summed E-state index contributed by atoms with van der Waals surface area (Å²) < 4.78 is 8.36. The molecule has 46 heavy (non-hydrogen) atoms. The van der Waals surface area contributed by atoms with Crippen LogP contribution in [0.3, 0.4) is 0 Å². The molecule has 6 heteroatoms. The van der Waals surface area contributed by atoms with Gasteiger partial charge in [0.05, 0.1) is 11.0 Å². The first-order chi connectivity index (χ1) is 22.8. The van der Waals surface area contributed by atoms with Crippen molar-refractivity contribution in [1.82, 2.24) is 24.5 Å². The van der Waals surface area contributed by atoms with Gasteiger partial charge < -0.3 is 4.42 Å². The summed E-state index contributed by atoms with van der Waals surface area (Å²) in [7, 11) is 0. The molecule has 0 unspecified atom stereocenters. The number of oxazole rings is 1. The SMILES string of the molecule is c1ccc(-c2ccc3c4ccccc4n(-c4nc(-c5ccccc5)nc(-c5ccc6nc(-c7ccccc7)oc6c5)n4)c3c2)cc1. The topological polar surface area (TPSA) is 69.6 Å². The fourth-order valence-corrected chi connectivity index (χ4v) is 6.07. The van der Waals surface area contributed by atoms with Crippen LogP contribution in [0.15, 0.2) is 156 Å². The maximum Gasteiger partial charge on any atom is 0.238 e. The average Bonchev–Trinajstić information content (AvgIpc) is 3.71. The van der Waals surface area contributed by atoms with Crippen molar-refractivity contribution in [3.63, 3.8) is 0 Å². The van der Waals surface area contributed by atoms with E-state index in [1.807, 2.05) is 84.9 Å². The molecular formula is C40H25N5O. The molecule has 0 amide bonds. The minimum absolute atomic E-state index is 0.544. The van der Waals surface area contributed by atoms with Crippen molar-refractivity contribution in [1.29, 1.82) is 0 Å². The summed E-state index contributed by atoms with van der Waals surface area (Å²) in [4.78, 5) is 19.9. The van der Waals surface area contributed by atoms with Crippen molar-refractivity contribution in [3.05, 3.63) is 152 Å². The molecule has 9 rings (SSSR count). The highest BCUT2D eigenvalue weighted by Gasteiger charge is 2.19. The Balaban J connectivity index is 1.27. The number of aromatic nitrogens is 5. The fourth-order valence-electron chi connectivity index (χ4n) is 6.07. The molecule has 0 saturated carbocycles. The number of fused-ring (bicyclic) bond motifs is 4. The zero-order valence-corrected chi connectivity index (χ0v) is 24.6. The van der Waals surface area contributed by atoms with Crippen LogP contribution >= 0.6 is 0 Å². The number of para-hydroxylation sites is 1. The van der Waals surface area contributed by atoms with Crippen LogP contribution in [-0.4, -0.2) is 24.5 Å². The molecule has 0 radical (unpaired) electrons. The van der Waals surface area contributed by atoms with Crippen molar-refractivity contribution in [3.8, 4) is 51.3 Å². The molecule has 6 aromatic carbocycles. The van der Waals surface area contributed by atoms with Gasteiger partial charge in [-0.25, -0.2) is 9.97 Å². The van der Waals surface area contributed by atoms with Gasteiger partial charge in [-0.15, -0.1) is 0 Å². The van der Waals surface area contributed by atoms with E-state index < -0.39 is 0 Å². The molecule has 6 nitrogen and oxygen atoms in total. The van der Waals surface area contributed by atoms with E-state index in [2.05, 4.69) is 71.3 Å². The summed E-state index contributed by atoms with van der Waals surface area (Å²) in [6, 6.07) is 51.3. The van der Waals surface area contributed by atoms with Crippen molar-refractivity contribution >= 4 is 32.9 Å². The lowest BCUT2D eigenvalue weighted by atomic mass is 10.0. The lowest BCUT2D eigenvalue weighted by molar-refractivity contribution is 0.620. The van der Waals surface area contributed by atoms with Gasteiger partial charge in [0.25, 0.3) is 0 Å². The van der Waals surface area contributed by atoms with Gasteiger partial charge in [-0.2, -0.15) is 9.97 Å². The van der Waals surface area contributed by atoms with Crippen molar-refractivity contribution in [2.24, 2.45) is 0 Å². The Hall–Kier alpha value is -6.40. The molecule has 0 spiro atoms. The summed E-state index contributed by atoms with van der Waals surface area (Å²) >= 11 is 0. The van der Waals surface area contributed by atoms with Gasteiger partial charge in [-0.1, -0.05) is 109 Å². The normalized spacial score (nSPS) is 11.5. The van der Waals surface area contributed by atoms with Gasteiger partial charge in [0, 0.05) is 27.5 Å². The molecule has 0 N–H and O–H groups in total. The Bertz CT molecular complexity index is 2520. The van der Waals surface area contributed by atoms with Crippen LogP contribution in [0.5, 0.6) is 0 Å². The second-order valence-corrected chi connectivity index (χ2v) is 11.2. The molecule has 216 valence electrons. The monoisotopic (exact) mass is 591 g/mol. The number of hydrogen-bond acceptors (Lipinski definition) is 5. The fraction of sp³-hybridized carbons (Fsp3) is 0. The summed E-state index contributed by atoms with van der Waals surface area (Å²) in [6.07, 6.45) is 0. The first kappa shape index (κ1) is 26.0. The molecule has 3 heterocycles. The van der Waals surface area contributed by atoms with Crippen LogP contribution in [0, 0.1) is 0 Å². The molecule has 0 aliphatic heterocycles. The number of benzene rings is 6. The Labute approximate surface area is 264 Å². The van der Waals surface area contributed by atoms with Gasteiger partial charge in [-0.05, 0) is 53.6 Å². The van der Waals surface area contributed by atoms with Gasteiger partial charge in [0.2, 0.25) is 11.8 Å². The lowest BCUT2D eigenvalue weighted by Gasteiger charge is -2.11. The van der Waals surface area contributed by atoms with E-state index in [-0.39, 0.29) is 0 Å². The third-order valence-electron chi connectivity index (χ3n) is 8.30. The Morgan fingerprint density at radius 1 is 0.413 bits per heavy atom. The molecular weight excluding hydrogens is 566 g/mol. The van der Waals surface area contributed by atoms with Crippen LogP contribution in [0.1, 0.15) is 0 Å². The predicted molar refractivity (Wildman–Crippen MR) is 183 cm³/mol. The van der Waals surface area contributed by atoms with E-state index in [0.29, 0.717) is 29.1 Å². The van der Waals surface area contributed by atoms with E-state index in [1.54, 1.807) is 0 Å². The predicted octanol–water partition coefficient (Wildman–Crippen LogP) is 9.78. The Morgan fingerprint density at radius 2 is 1.02 bits per heavy atom. The quantitative estimate of drug-likeness (QED) is 0.199. The number of hydrogen-bond donors (Lipinski definition) is 0. The summed E-state index contributed by atoms with van der Waals surface area (Å²) in [5.74, 6) is 2.26. The molecule has 0 saturated heterocycles. The van der Waals surface area contributed by atoms with Gasteiger partial charge in [0.1, 0.15) is 5.52 Å². The van der Waals surface area contributed by atoms with E-state index in [1.165, 1.54) is 0 Å². The Morgan fingerprint density at radius 3 is 1.78 bits per heavy atom. The Kier molecular flexibility index (Phi) is 6.03. The van der Waals surface area contributed by atoms with E-state index in [4.69, 9.17) is 24.4 Å². The zero-order chi connectivity index (χ0) is 30.5. The first-order valence-corrected chi connectivity index (χ1v) is 15.2. The van der Waals surface area contributed by atoms with E-state index >= 15 is 0 Å². The lowest BCUT2D eigenvalue weighted by Crippen LogP contribution is -2.06. The third-order valence-corrected chi connectivity index (χ3v) is 8.30. The van der Waals surface area contributed by atoms with Crippen LogP contribution in [0.4, 0.5) is 0 Å². The van der Waals surface area contributed by atoms with Crippen molar-refractivity contribution in [2.75, 3.05) is 0 Å². The van der Waals surface area contributed by atoms with Crippen molar-refractivity contribution in [2.45, 2.75) is 0 Å². The standard InChI is InChI=1S/C40H25N5O/c1-4-12-26(13-5-1)29-20-22-32-31-18-10-11-19-34(31)45(35(32)24-29)40-43-37(27-14-6-2-7-15-27)42-38(44-40)30-21-23-33-36(25-30)46-39(41-33)28-16-8-3-9-17-28/h1-25H. The van der Waals surface area contributed by atoms with E-state index in [0.717, 1.165) is 55.1 Å². The highest BCUT2D eigenvalue weighted by Crippen LogP contribution is 2.35. The molecule has 0 aliphatic rings. The van der Waals surface area contributed by atoms with Gasteiger partial charge in [-0.3, -0.25) is 4.57 Å². The molecule has 0 atom stereocenters. The summed E-state index contributed by atoms with van der Waals surface area (Å²) in [5, 5.41) is 2.27. The average molecular weight is 592 g/mol. The molecule has 3 aromatic heterocycles. The van der Waals surface area contributed by atoms with Crippen molar-refractivity contribution < 1.29 is 4.42 Å². The van der Waals surface area contributed by atoms with Crippen LogP contribution in [0.25, 0.3) is 84.2 Å². The minimum atomic E-state index is 0.544. The second-order valence-electron chi connectivity index (χ2n) is 11.2. The van der Waals surface area contributed by atoms with Crippen LogP contribution < -0.4 is 0 Å². The smallest absolute Gasteiger partial charge is 0.238 e. The van der Waals surface area contributed by atoms with E-state index in [9.17, 15) is 0 Å². The highest BCUT2D eigenvalue weighted by atomic mass is 16.3. The number of rotatable bonds is 5. The minimum Gasteiger partial charge on any atom is -0.436 e. The largest absolute Gasteiger partial charge is 0.436 e. The summed E-state index contributed by atoms with van der Waals surface area (Å²) in [6.45, 7) is 0. The zero-order valence-electron chi connectivity index (χ0n) is 24.6. The highest BCUT2D eigenvalue weighted by molar-refractivity contribution is 6.10. The molecule has 0 bridgehead atoms. The van der Waals surface area contributed by atoms with Crippen LogP contribution in [-0.2, 0) is 0 Å². The molecule has 9 aromatic rings. The number of nitrogens with zero attached hydrogens (tertiary/aromatic N) is 5. The maximum absolute atomic E-state index is 6.22. The molecule has 0 fully saturated rings. The summed E-state index contributed by atoms with van der Waals surface area (Å²) in [5.41, 5.74) is 8.42. The van der Waals surface area contributed by atoms with Gasteiger partial charge >= 0.3 is 0 Å². The van der Waals surface area contributed by atoms with Gasteiger partial charge in [0.15, 0.2) is 17.2 Å². The maximum atomic E-state index is 6.22. The first-order valence-electron chi connectivity index (χ1n) is 15.2. The molecule has 0 aliphatic carbocycles. The third kappa shape index (κ3) is 4.43.